The average Bonchev–Trinajstić information content (AvgIpc) is 2.96. The predicted molar refractivity (Wildman–Crippen MR) is 155 cm³/mol. The summed E-state index contributed by atoms with van der Waals surface area (Å²) in [5.74, 6) is -0.745. The summed E-state index contributed by atoms with van der Waals surface area (Å²) < 4.78 is 52.4. The monoisotopic (exact) mass is 576 g/mol. The predicted octanol–water partition coefficient (Wildman–Crippen LogP) is 6.89. The number of alkyl halides is 3. The number of carbonyl (C=O) groups is 2. The number of ether oxygens (including phenoxy) is 3. The third-order valence-corrected chi connectivity index (χ3v) is 6.28. The minimum Gasteiger partial charge on any atom is -0.493 e. The van der Waals surface area contributed by atoms with Gasteiger partial charge in [0.25, 0.3) is 0 Å². The number of nitrogen functional groups attached to an aromatic ring is 2. The molecule has 4 aromatic rings. The molecule has 0 radical (unpaired) electrons. The second-order valence-corrected chi connectivity index (χ2v) is 9.25. The molecular weight excluding hydrogens is 549 g/mol. The Bertz CT molecular complexity index is 1630. The number of ketones is 1. The quantitative estimate of drug-likeness (QED) is 0.0733. The molecule has 7 nitrogen and oxygen atoms in total. The normalized spacial score (nSPS) is 11.4. The van der Waals surface area contributed by atoms with Crippen LogP contribution in [0.2, 0.25) is 0 Å². The smallest absolute Gasteiger partial charge is 0.422 e. The van der Waals surface area contributed by atoms with E-state index in [1.807, 2.05) is 25.1 Å². The number of methoxy groups -OCH3 is 1. The highest BCUT2D eigenvalue weighted by atomic mass is 19.4. The van der Waals surface area contributed by atoms with Crippen molar-refractivity contribution in [3.8, 4) is 28.4 Å². The first-order valence-electron chi connectivity index (χ1n) is 12.6. The van der Waals surface area contributed by atoms with Crippen LogP contribution in [0.3, 0.4) is 0 Å². The highest BCUT2D eigenvalue weighted by Crippen LogP contribution is 2.32. The number of allylic oxidation sites excluding steroid dienone is 1. The lowest BCUT2D eigenvalue weighted by Gasteiger charge is -2.13. The van der Waals surface area contributed by atoms with Gasteiger partial charge in [0.05, 0.1) is 12.7 Å². The third-order valence-electron chi connectivity index (χ3n) is 6.28. The molecular formula is C32H27F3N2O5. The Balaban J connectivity index is 1.48. The number of nitrogens with two attached hydrogens (primary N) is 2. The summed E-state index contributed by atoms with van der Waals surface area (Å²) in [6.45, 7) is 0.391. The molecule has 0 bridgehead atoms. The van der Waals surface area contributed by atoms with Crippen LogP contribution in [-0.2, 0) is 0 Å². The van der Waals surface area contributed by atoms with Crippen molar-refractivity contribution in [3.63, 3.8) is 0 Å². The first-order valence-corrected chi connectivity index (χ1v) is 12.6. The third kappa shape index (κ3) is 7.28. The summed E-state index contributed by atoms with van der Waals surface area (Å²) in [6.07, 6.45) is -1.49. The highest BCUT2D eigenvalue weighted by molar-refractivity contribution is 6.12. The van der Waals surface area contributed by atoms with Crippen LogP contribution < -0.4 is 25.7 Å². The van der Waals surface area contributed by atoms with Gasteiger partial charge in [-0.3, -0.25) is 4.79 Å². The largest absolute Gasteiger partial charge is 0.493 e. The standard InChI is InChI=1S/C32H27F3N2O5/c1-19-25(21-5-9-23(36)10-6-21)13-14-26(37)30(19)27(38)15-3-20-4-16-28(29(17-20)40-2)42-31(39)22-7-11-24(12-8-22)41-18-32(33,34)35/h3-17H,18,36-37H2,1-2H3/b15-3+. The molecule has 0 saturated heterocycles. The zero-order valence-corrected chi connectivity index (χ0v) is 22.7. The maximum Gasteiger partial charge on any atom is 0.422 e. The van der Waals surface area contributed by atoms with E-state index in [-0.39, 0.29) is 28.6 Å². The van der Waals surface area contributed by atoms with Gasteiger partial charge in [-0.2, -0.15) is 13.2 Å². The minimum atomic E-state index is -4.47. The molecule has 0 aliphatic rings. The minimum absolute atomic E-state index is 0.0407. The molecule has 42 heavy (non-hydrogen) atoms. The fraction of sp³-hybridized carbons (Fsp3) is 0.125. The number of hydrogen-bond acceptors (Lipinski definition) is 7. The van der Waals surface area contributed by atoms with Gasteiger partial charge in [0.2, 0.25) is 0 Å². The molecule has 0 aliphatic carbocycles. The Kier molecular flexibility index (Phi) is 8.85. The molecule has 0 aromatic heterocycles. The molecule has 0 spiro atoms. The van der Waals surface area contributed by atoms with Crippen LogP contribution in [0, 0.1) is 6.92 Å². The van der Waals surface area contributed by atoms with Crippen molar-refractivity contribution in [2.24, 2.45) is 0 Å². The number of benzene rings is 4. The van der Waals surface area contributed by atoms with Crippen LogP contribution in [0.4, 0.5) is 24.5 Å². The Hall–Kier alpha value is -5.25. The lowest BCUT2D eigenvalue weighted by atomic mass is 9.93. The van der Waals surface area contributed by atoms with Crippen molar-refractivity contribution in [1.82, 2.24) is 0 Å². The maximum absolute atomic E-state index is 13.2. The molecule has 0 atom stereocenters. The molecule has 10 heteroatoms. The molecule has 4 rings (SSSR count). The van der Waals surface area contributed by atoms with Gasteiger partial charge in [0.1, 0.15) is 5.75 Å². The molecule has 4 N–H and O–H groups in total. The number of anilines is 2. The molecule has 0 heterocycles. The topological polar surface area (TPSA) is 114 Å². The van der Waals surface area contributed by atoms with Gasteiger partial charge in [0, 0.05) is 16.9 Å². The number of esters is 1. The fourth-order valence-electron chi connectivity index (χ4n) is 4.17. The van der Waals surface area contributed by atoms with Crippen molar-refractivity contribution in [3.05, 3.63) is 107 Å². The van der Waals surface area contributed by atoms with Gasteiger partial charge < -0.3 is 25.7 Å². The van der Waals surface area contributed by atoms with Crippen LogP contribution >= 0.6 is 0 Å². The van der Waals surface area contributed by atoms with Gasteiger partial charge in [-0.05, 0) is 89.9 Å². The molecule has 0 saturated carbocycles. The Morgan fingerprint density at radius 2 is 1.57 bits per heavy atom. The van der Waals surface area contributed by atoms with Crippen LogP contribution in [-0.4, -0.2) is 31.6 Å². The average molecular weight is 577 g/mol. The molecule has 0 fully saturated rings. The van der Waals surface area contributed by atoms with Crippen LogP contribution in [0.5, 0.6) is 17.2 Å². The highest BCUT2D eigenvalue weighted by Gasteiger charge is 2.28. The van der Waals surface area contributed by atoms with E-state index in [0.29, 0.717) is 22.5 Å². The zero-order chi connectivity index (χ0) is 30.4. The Morgan fingerprint density at radius 1 is 0.881 bits per heavy atom. The van der Waals surface area contributed by atoms with Crippen molar-refractivity contribution in [2.45, 2.75) is 13.1 Å². The Morgan fingerprint density at radius 3 is 2.21 bits per heavy atom. The van der Waals surface area contributed by atoms with E-state index in [1.54, 1.807) is 36.4 Å². The van der Waals surface area contributed by atoms with Crippen LogP contribution in [0.25, 0.3) is 17.2 Å². The first kappa shape index (κ1) is 29.7. The van der Waals surface area contributed by atoms with E-state index in [1.165, 1.54) is 43.5 Å². The lowest BCUT2D eigenvalue weighted by Crippen LogP contribution is -2.19. The van der Waals surface area contributed by atoms with E-state index in [9.17, 15) is 22.8 Å². The van der Waals surface area contributed by atoms with Crippen molar-refractivity contribution in [2.75, 3.05) is 25.2 Å². The summed E-state index contributed by atoms with van der Waals surface area (Å²) in [4.78, 5) is 25.8. The summed E-state index contributed by atoms with van der Waals surface area (Å²) in [5.41, 5.74) is 16.5. The maximum atomic E-state index is 13.2. The second-order valence-electron chi connectivity index (χ2n) is 9.25. The van der Waals surface area contributed by atoms with E-state index in [4.69, 9.17) is 20.9 Å². The van der Waals surface area contributed by atoms with Gasteiger partial charge in [-0.25, -0.2) is 4.79 Å². The second kappa shape index (κ2) is 12.5. The SMILES string of the molecule is COc1cc(/C=C/C(=O)c2c(N)ccc(-c3ccc(N)cc3)c2C)ccc1OC(=O)c1ccc(OCC(F)(F)F)cc1. The fourth-order valence-corrected chi connectivity index (χ4v) is 4.17. The number of hydrogen-bond donors (Lipinski definition) is 2. The molecule has 0 unspecified atom stereocenters. The number of halogens is 3. The van der Waals surface area contributed by atoms with E-state index < -0.39 is 18.8 Å². The van der Waals surface area contributed by atoms with Gasteiger partial charge >= 0.3 is 12.1 Å². The summed E-state index contributed by atoms with van der Waals surface area (Å²) in [5, 5.41) is 0. The van der Waals surface area contributed by atoms with Gasteiger partial charge in [-0.15, -0.1) is 0 Å². The van der Waals surface area contributed by atoms with Crippen molar-refractivity contribution < 1.29 is 37.0 Å². The Labute approximate surface area is 240 Å². The van der Waals surface area contributed by atoms with E-state index in [0.717, 1.165) is 16.7 Å². The summed E-state index contributed by atoms with van der Waals surface area (Å²) in [6, 6.07) is 20.7. The molecule has 0 aliphatic heterocycles. The number of rotatable bonds is 9. The van der Waals surface area contributed by atoms with Crippen molar-refractivity contribution in [1.29, 1.82) is 0 Å². The summed E-state index contributed by atoms with van der Waals surface area (Å²) in [7, 11) is 1.39. The zero-order valence-electron chi connectivity index (χ0n) is 22.7. The van der Waals surface area contributed by atoms with E-state index in [2.05, 4.69) is 4.74 Å². The van der Waals surface area contributed by atoms with Gasteiger partial charge in [-0.1, -0.05) is 30.3 Å². The first-order chi connectivity index (χ1) is 19.9. The van der Waals surface area contributed by atoms with Crippen LogP contribution in [0.1, 0.15) is 31.8 Å². The van der Waals surface area contributed by atoms with E-state index >= 15 is 0 Å². The molecule has 0 amide bonds. The molecule has 4 aromatic carbocycles. The number of carbonyl (C=O) groups excluding carboxylic acids is 2. The van der Waals surface area contributed by atoms with Gasteiger partial charge in [0.15, 0.2) is 23.9 Å². The van der Waals surface area contributed by atoms with Crippen molar-refractivity contribution >= 4 is 29.2 Å². The summed E-state index contributed by atoms with van der Waals surface area (Å²) >= 11 is 0. The molecule has 216 valence electrons. The lowest BCUT2D eigenvalue weighted by molar-refractivity contribution is -0.153. The van der Waals surface area contributed by atoms with Crippen LogP contribution in [0.15, 0.2) is 84.9 Å².